The van der Waals surface area contributed by atoms with Gasteiger partial charge in [-0.2, -0.15) is 47.0 Å². The molecule has 44 nitrogen and oxygen atoms in total. The maximum Gasteiger partial charge on any atom is 0.320 e. The second kappa shape index (κ2) is 57.9. The summed E-state index contributed by atoms with van der Waals surface area (Å²) in [6, 6.07) is 0. The summed E-state index contributed by atoms with van der Waals surface area (Å²) in [7, 11) is 0. The van der Waals surface area contributed by atoms with Gasteiger partial charge in [-0.25, -0.2) is 0 Å². The Labute approximate surface area is 714 Å². The summed E-state index contributed by atoms with van der Waals surface area (Å²) >= 11 is 6.09. The molecule has 4 heterocycles. The van der Waals surface area contributed by atoms with Crippen molar-refractivity contribution in [1.29, 1.82) is 0 Å². The molecule has 4 aromatic heterocycles. The topological polar surface area (TPSA) is 625 Å². The van der Waals surface area contributed by atoms with Crippen molar-refractivity contribution in [2.24, 2.45) is 0 Å². The molecule has 684 valence electrons. The number of amides is 5. The molecule has 48 heteroatoms. The van der Waals surface area contributed by atoms with Crippen molar-refractivity contribution in [1.82, 2.24) is 97.2 Å². The molecule has 0 aliphatic rings. The minimum absolute atomic E-state index is 0.0162. The molecule has 4 rings (SSSR count). The van der Waals surface area contributed by atoms with Crippen LogP contribution in [-0.2, 0) is 115 Å². The third-order valence-corrected chi connectivity index (χ3v) is 22.5. The van der Waals surface area contributed by atoms with E-state index in [4.69, 9.17) is 28.4 Å². The van der Waals surface area contributed by atoms with Crippen LogP contribution in [0.25, 0.3) is 0 Å². The number of aryl methyl sites for hydroxylation is 4. The largest absolute Gasteiger partial charge is 0.462 e. The lowest BCUT2D eigenvalue weighted by Gasteiger charge is -2.32. The first kappa shape index (κ1) is 106. The zero-order chi connectivity index (χ0) is 88.2. The number of carbonyl (C=O) groups is 7. The number of carbonyl (C=O) groups excluding carboxylic acids is 7. The molecule has 5 amide bonds. The zero-order valence-corrected chi connectivity index (χ0v) is 72.3. The number of aliphatic hydroxyl groups is 12. The van der Waals surface area contributed by atoms with Crippen LogP contribution in [0.4, 0.5) is 0 Å². The van der Waals surface area contributed by atoms with E-state index in [-0.39, 0.29) is 98.0 Å². The highest BCUT2D eigenvalue weighted by Crippen LogP contribution is 2.18. The van der Waals surface area contributed by atoms with Crippen molar-refractivity contribution in [3.63, 3.8) is 0 Å². The van der Waals surface area contributed by atoms with Crippen molar-refractivity contribution in [2.75, 3.05) is 178 Å². The maximum atomic E-state index is 13.8. The van der Waals surface area contributed by atoms with Gasteiger partial charge in [-0.15, -0.1) is 20.4 Å². The molecule has 0 radical (unpaired) electrons. The molecular formula is C72H127N19O25S4. The van der Waals surface area contributed by atoms with Crippen molar-refractivity contribution in [2.45, 2.75) is 183 Å². The van der Waals surface area contributed by atoms with Crippen LogP contribution in [0, 0.1) is 0 Å². The summed E-state index contributed by atoms with van der Waals surface area (Å²) in [5, 5.41) is 167. The van der Waals surface area contributed by atoms with Gasteiger partial charge in [-0.3, -0.25) is 62.9 Å². The molecule has 0 aliphatic heterocycles. The van der Waals surface area contributed by atoms with Crippen molar-refractivity contribution >= 4 is 88.5 Å². The molecule has 0 saturated carbocycles. The van der Waals surface area contributed by atoms with Gasteiger partial charge in [0, 0.05) is 81.3 Å². The Hall–Kier alpha value is -6.47. The van der Waals surface area contributed by atoms with Crippen LogP contribution in [0.3, 0.4) is 0 Å². The highest BCUT2D eigenvalue weighted by Gasteiger charge is 2.36. The van der Waals surface area contributed by atoms with E-state index in [1.807, 2.05) is 6.92 Å². The number of aliphatic hydroxyl groups excluding tert-OH is 12. The van der Waals surface area contributed by atoms with Crippen molar-refractivity contribution in [3.05, 3.63) is 47.6 Å². The minimum atomic E-state index is -1.50. The number of esters is 2. The first-order chi connectivity index (χ1) is 57.6. The monoisotopic (exact) mass is 1790 g/mol. The minimum Gasteiger partial charge on any atom is -0.462 e. The lowest BCUT2D eigenvalue weighted by atomic mass is 10.0. The smallest absolute Gasteiger partial charge is 0.320 e. The Bertz CT molecular complexity index is 3130. The number of nitrogens with zero attached hydrogens (tertiary/aromatic N) is 12. The summed E-state index contributed by atoms with van der Waals surface area (Å²) in [6.07, 6.45) is 10.7. The number of nitrogens with one attached hydrogen (secondary N) is 7. The molecule has 0 aliphatic carbocycles. The van der Waals surface area contributed by atoms with Crippen LogP contribution in [-0.4, -0.2) is 380 Å². The zero-order valence-electron chi connectivity index (χ0n) is 69.0. The lowest BCUT2D eigenvalue weighted by molar-refractivity contribution is -0.152. The molecule has 0 atom stereocenters. The quantitative estimate of drug-likeness (QED) is 0.0145. The van der Waals surface area contributed by atoms with E-state index >= 15 is 0 Å². The number of hydrogen-bond donors (Lipinski definition) is 19. The maximum absolute atomic E-state index is 13.8. The predicted octanol–water partition coefficient (Wildman–Crippen LogP) is -5.94. The van der Waals surface area contributed by atoms with Crippen molar-refractivity contribution < 1.29 is 123 Å². The summed E-state index contributed by atoms with van der Waals surface area (Å²) in [6.45, 7) is -0.164. The van der Waals surface area contributed by atoms with Crippen LogP contribution >= 0.6 is 47.0 Å². The highest BCUT2D eigenvalue weighted by atomic mass is 32.2. The number of thioether (sulfide) groups is 4. The van der Waals surface area contributed by atoms with Crippen LogP contribution in [0.1, 0.15) is 115 Å². The summed E-state index contributed by atoms with van der Waals surface area (Å²) in [5.74, 6) is 1.01. The highest BCUT2D eigenvalue weighted by molar-refractivity contribution is 7.99. The van der Waals surface area contributed by atoms with Crippen LogP contribution in [0.2, 0.25) is 0 Å². The van der Waals surface area contributed by atoms with Gasteiger partial charge in [0.15, 0.2) is 0 Å². The molecule has 0 spiro atoms. The van der Waals surface area contributed by atoms with Gasteiger partial charge < -0.3 is 116 Å². The summed E-state index contributed by atoms with van der Waals surface area (Å²) in [4.78, 5) is 90.5. The average molecular weight is 1790 g/mol. The summed E-state index contributed by atoms with van der Waals surface area (Å²) < 4.78 is 42.9. The standard InChI is InChI=1S/C72H127N19O25S4/c1-5-10-59(104)75-68(4,53-115-64(109)27-73-66(2,49-111-33-55-29-88(84-80-55)15-6-19-117-23-11-60(105)76-69(37-92,38-93)39-94)50-112-34-56-30-89(85-81-56)16-7-20-118-24-12-61(106)77-70(40-95,41-96)42-97)54-116-65(110)28-74-67(3,51-113-35-57-31-90(86-82-57)17-8-21-119-25-13-62(107)78-71(43-98,44-99)45-100)52-114-36-58-32-91(87-83-58)18-9-22-120-26-14-63(108)79-72(46-101,47-102)48-103/h29-32,73-74,92-103H,5-28,33-54H2,1-4H3,(H,75,104)(H,76,105)(H,77,106)(H,78,107)(H,79,108). The van der Waals surface area contributed by atoms with Gasteiger partial charge in [0.2, 0.25) is 29.5 Å². The van der Waals surface area contributed by atoms with E-state index in [2.05, 4.69) is 78.5 Å². The fourth-order valence-corrected chi connectivity index (χ4v) is 14.1. The first-order valence-corrected chi connectivity index (χ1v) is 44.1. The van der Waals surface area contributed by atoms with E-state index < -0.39 is 173 Å². The summed E-state index contributed by atoms with van der Waals surface area (Å²) in [5.41, 5.74) is -7.55. The molecule has 19 N–H and O–H groups in total. The van der Waals surface area contributed by atoms with Gasteiger partial charge in [0.25, 0.3) is 0 Å². The molecule has 0 fully saturated rings. The van der Waals surface area contributed by atoms with E-state index in [0.29, 0.717) is 127 Å². The first-order valence-electron chi connectivity index (χ1n) is 39.4. The lowest BCUT2D eigenvalue weighted by Crippen LogP contribution is -2.57. The van der Waals surface area contributed by atoms with E-state index in [1.54, 1.807) is 64.3 Å². The molecule has 4 aromatic rings. The van der Waals surface area contributed by atoms with Gasteiger partial charge >= 0.3 is 11.9 Å². The Kier molecular flexibility index (Phi) is 51.1. The second-order valence-electron chi connectivity index (χ2n) is 29.9. The van der Waals surface area contributed by atoms with Crippen LogP contribution < -0.4 is 37.2 Å². The SMILES string of the molecule is CCCC(=O)NC(C)(COC(=O)CNC(C)(COCc1cn(CCCSCCC(=O)NC(CO)(CO)CO)nn1)COCc1cn(CCCSCCC(=O)NC(CO)(CO)CO)nn1)COC(=O)CNC(C)(COCc1cn(CCCSCCC(=O)NC(CO)(CO)CO)nn1)COCc1cn(CCCSCCC(=O)NC(CO)(CO)CO)nn1. The number of hydrogen-bond acceptors (Lipinski definition) is 39. The average Bonchev–Trinajstić information content (AvgIpc) is 1.53. The molecule has 0 bridgehead atoms. The normalized spacial score (nSPS) is 12.4. The van der Waals surface area contributed by atoms with Gasteiger partial charge in [-0.05, 0) is 75.9 Å². The van der Waals surface area contributed by atoms with Gasteiger partial charge in [0.05, 0.1) is 181 Å². The number of rotatable bonds is 73. The van der Waals surface area contributed by atoms with Crippen LogP contribution in [0.5, 0.6) is 0 Å². The van der Waals surface area contributed by atoms with E-state index in [1.165, 1.54) is 47.0 Å². The molecule has 120 heavy (non-hydrogen) atoms. The third kappa shape index (κ3) is 41.3. The number of aromatic nitrogens is 12. The fourth-order valence-electron chi connectivity index (χ4n) is 10.6. The number of ether oxygens (including phenoxy) is 6. The Morgan fingerprint density at radius 3 is 0.792 bits per heavy atom. The Morgan fingerprint density at radius 2 is 0.567 bits per heavy atom. The Balaban J connectivity index is 1.38. The fraction of sp³-hybridized carbons (Fsp3) is 0.792. The van der Waals surface area contributed by atoms with Crippen molar-refractivity contribution in [3.8, 4) is 0 Å². The third-order valence-electron chi connectivity index (χ3n) is 18.2. The predicted molar refractivity (Wildman–Crippen MR) is 440 cm³/mol. The second-order valence-corrected chi connectivity index (χ2v) is 34.8. The van der Waals surface area contributed by atoms with E-state index in [0.717, 1.165) is 0 Å². The molecular weight excluding hydrogens is 1660 g/mol. The van der Waals surface area contributed by atoms with Crippen LogP contribution in [0.15, 0.2) is 24.8 Å². The van der Waals surface area contributed by atoms with E-state index in [9.17, 15) is 94.8 Å². The molecule has 0 aromatic carbocycles. The molecule has 0 unspecified atom stereocenters. The Morgan fingerprint density at radius 1 is 0.333 bits per heavy atom. The molecule has 0 saturated heterocycles. The van der Waals surface area contributed by atoms with Gasteiger partial charge in [-0.1, -0.05) is 27.8 Å². The van der Waals surface area contributed by atoms with Gasteiger partial charge in [0.1, 0.15) is 63.7 Å².